The van der Waals surface area contributed by atoms with Gasteiger partial charge in [0.1, 0.15) is 6.04 Å². The highest BCUT2D eigenvalue weighted by atomic mass is 79.9. The number of carbonyl (C=O) groups is 2. The fourth-order valence-corrected chi connectivity index (χ4v) is 2.96. The van der Waals surface area contributed by atoms with Crippen molar-refractivity contribution in [3.63, 3.8) is 0 Å². The van der Waals surface area contributed by atoms with Crippen LogP contribution in [0.3, 0.4) is 0 Å². The standard InChI is InChI=1S/C13H13BrClNO3/c1-7-4-5-16(11(7)13(18)19)12(17)9-6-8(15)2-3-10(9)14/h2-3,6-7,11H,4-5H2,1H3,(H,18,19). The molecule has 1 saturated heterocycles. The second kappa shape index (κ2) is 5.51. The molecule has 0 spiro atoms. The van der Waals surface area contributed by atoms with Gasteiger partial charge in [0.05, 0.1) is 5.56 Å². The molecule has 4 nitrogen and oxygen atoms in total. The molecule has 1 amide bonds. The number of benzene rings is 1. The molecule has 0 saturated carbocycles. The lowest BCUT2D eigenvalue weighted by Gasteiger charge is -2.24. The molecular weight excluding hydrogens is 334 g/mol. The summed E-state index contributed by atoms with van der Waals surface area (Å²) < 4.78 is 0.616. The molecule has 1 aliphatic heterocycles. The Kier molecular flexibility index (Phi) is 4.16. The fourth-order valence-electron chi connectivity index (χ4n) is 2.37. The van der Waals surface area contributed by atoms with Crippen molar-refractivity contribution >= 4 is 39.4 Å². The van der Waals surface area contributed by atoms with Crippen LogP contribution < -0.4 is 0 Å². The summed E-state index contributed by atoms with van der Waals surface area (Å²) in [6.45, 7) is 2.30. The quantitative estimate of drug-likeness (QED) is 0.895. The van der Waals surface area contributed by atoms with Crippen molar-refractivity contribution in [2.24, 2.45) is 5.92 Å². The molecule has 1 heterocycles. The van der Waals surface area contributed by atoms with E-state index in [2.05, 4.69) is 15.9 Å². The molecule has 6 heteroatoms. The van der Waals surface area contributed by atoms with Gasteiger partial charge in [-0.1, -0.05) is 18.5 Å². The van der Waals surface area contributed by atoms with Crippen LogP contribution in [-0.4, -0.2) is 34.5 Å². The second-order valence-electron chi connectivity index (χ2n) is 4.67. The highest BCUT2D eigenvalue weighted by molar-refractivity contribution is 9.10. The summed E-state index contributed by atoms with van der Waals surface area (Å²) in [5.41, 5.74) is 0.396. The van der Waals surface area contributed by atoms with E-state index in [-0.39, 0.29) is 11.8 Å². The number of aliphatic carboxylic acids is 1. The first-order valence-electron chi connectivity index (χ1n) is 5.90. The number of rotatable bonds is 2. The van der Waals surface area contributed by atoms with Gasteiger partial charge in [0.2, 0.25) is 0 Å². The molecule has 1 aromatic carbocycles. The molecule has 2 rings (SSSR count). The maximum Gasteiger partial charge on any atom is 0.326 e. The number of hydrogen-bond acceptors (Lipinski definition) is 2. The average molecular weight is 347 g/mol. The predicted octanol–water partition coefficient (Wildman–Crippen LogP) is 3.04. The Morgan fingerprint density at radius 3 is 2.79 bits per heavy atom. The van der Waals surface area contributed by atoms with E-state index in [1.807, 2.05) is 6.92 Å². The van der Waals surface area contributed by atoms with Crippen LogP contribution in [0.1, 0.15) is 23.7 Å². The van der Waals surface area contributed by atoms with Gasteiger partial charge >= 0.3 is 5.97 Å². The lowest BCUT2D eigenvalue weighted by atomic mass is 10.0. The van der Waals surface area contributed by atoms with Crippen LogP contribution in [0.25, 0.3) is 0 Å². The zero-order valence-electron chi connectivity index (χ0n) is 10.3. The Bertz CT molecular complexity index is 535. The minimum atomic E-state index is -0.962. The molecule has 2 atom stereocenters. The summed E-state index contributed by atoms with van der Waals surface area (Å²) in [5, 5.41) is 9.69. The number of amides is 1. The Balaban J connectivity index is 2.33. The van der Waals surface area contributed by atoms with Gasteiger partial charge in [0, 0.05) is 16.0 Å². The van der Waals surface area contributed by atoms with Crippen LogP contribution >= 0.6 is 27.5 Å². The first kappa shape index (κ1) is 14.3. The number of carboxylic acid groups (broad SMARTS) is 1. The van der Waals surface area contributed by atoms with Gasteiger partial charge < -0.3 is 10.0 Å². The third-order valence-electron chi connectivity index (χ3n) is 3.37. The van der Waals surface area contributed by atoms with Crippen LogP contribution in [0.15, 0.2) is 22.7 Å². The smallest absolute Gasteiger partial charge is 0.326 e. The van der Waals surface area contributed by atoms with Crippen molar-refractivity contribution in [3.8, 4) is 0 Å². The summed E-state index contributed by atoms with van der Waals surface area (Å²) in [6, 6.07) is 4.14. The monoisotopic (exact) mass is 345 g/mol. The van der Waals surface area contributed by atoms with Crippen LogP contribution in [0.5, 0.6) is 0 Å². The van der Waals surface area contributed by atoms with E-state index in [1.165, 1.54) is 4.90 Å². The molecule has 0 aromatic heterocycles. The van der Waals surface area contributed by atoms with Crippen molar-refractivity contribution < 1.29 is 14.7 Å². The number of carboxylic acids is 1. The Morgan fingerprint density at radius 1 is 1.47 bits per heavy atom. The van der Waals surface area contributed by atoms with Crippen LogP contribution in [0.2, 0.25) is 5.02 Å². The second-order valence-corrected chi connectivity index (χ2v) is 5.96. The molecule has 19 heavy (non-hydrogen) atoms. The zero-order valence-corrected chi connectivity index (χ0v) is 12.6. The number of hydrogen-bond donors (Lipinski definition) is 1. The van der Waals surface area contributed by atoms with Gasteiger partial charge in [0.25, 0.3) is 5.91 Å². The number of nitrogens with zero attached hydrogens (tertiary/aromatic N) is 1. The molecule has 102 valence electrons. The normalized spacial score (nSPS) is 22.6. The van der Waals surface area contributed by atoms with Gasteiger partial charge in [-0.05, 0) is 46.5 Å². The van der Waals surface area contributed by atoms with Crippen molar-refractivity contribution in [2.75, 3.05) is 6.54 Å². The average Bonchev–Trinajstić information content (AvgIpc) is 2.73. The summed E-state index contributed by atoms with van der Waals surface area (Å²) in [7, 11) is 0. The van der Waals surface area contributed by atoms with E-state index in [0.29, 0.717) is 28.0 Å². The third kappa shape index (κ3) is 2.77. The number of carbonyl (C=O) groups excluding carboxylic acids is 1. The fraction of sp³-hybridized carbons (Fsp3) is 0.385. The lowest BCUT2D eigenvalue weighted by molar-refractivity contribution is -0.142. The molecule has 1 fully saturated rings. The molecule has 2 unspecified atom stereocenters. The van der Waals surface area contributed by atoms with E-state index in [4.69, 9.17) is 11.6 Å². The number of halogens is 2. The van der Waals surface area contributed by atoms with Crippen molar-refractivity contribution in [1.29, 1.82) is 0 Å². The predicted molar refractivity (Wildman–Crippen MR) is 75.4 cm³/mol. The van der Waals surface area contributed by atoms with Crippen LogP contribution in [-0.2, 0) is 4.79 Å². The molecule has 0 aliphatic carbocycles. The van der Waals surface area contributed by atoms with E-state index < -0.39 is 12.0 Å². The molecule has 1 N–H and O–H groups in total. The van der Waals surface area contributed by atoms with Gasteiger partial charge in [-0.3, -0.25) is 4.79 Å². The third-order valence-corrected chi connectivity index (χ3v) is 4.30. The maximum atomic E-state index is 12.5. The molecule has 0 radical (unpaired) electrons. The molecule has 1 aliphatic rings. The van der Waals surface area contributed by atoms with E-state index >= 15 is 0 Å². The number of likely N-dealkylation sites (tertiary alicyclic amines) is 1. The summed E-state index contributed by atoms with van der Waals surface area (Å²) >= 11 is 9.18. The molecular formula is C13H13BrClNO3. The Morgan fingerprint density at radius 2 is 2.16 bits per heavy atom. The van der Waals surface area contributed by atoms with Gasteiger partial charge in [-0.25, -0.2) is 4.79 Å². The summed E-state index contributed by atoms with van der Waals surface area (Å²) in [6.07, 6.45) is 0.695. The van der Waals surface area contributed by atoms with E-state index in [9.17, 15) is 14.7 Å². The van der Waals surface area contributed by atoms with Crippen LogP contribution in [0, 0.1) is 5.92 Å². The topological polar surface area (TPSA) is 57.6 Å². The summed E-state index contributed by atoms with van der Waals surface area (Å²) in [4.78, 5) is 25.1. The van der Waals surface area contributed by atoms with Crippen LogP contribution in [0.4, 0.5) is 0 Å². The maximum absolute atomic E-state index is 12.5. The highest BCUT2D eigenvalue weighted by Gasteiger charge is 2.40. The summed E-state index contributed by atoms with van der Waals surface area (Å²) in [5.74, 6) is -1.30. The zero-order chi connectivity index (χ0) is 14.2. The van der Waals surface area contributed by atoms with E-state index in [1.54, 1.807) is 18.2 Å². The van der Waals surface area contributed by atoms with Crippen molar-refractivity contribution in [3.05, 3.63) is 33.3 Å². The first-order chi connectivity index (χ1) is 8.91. The van der Waals surface area contributed by atoms with Gasteiger partial charge in [-0.15, -0.1) is 0 Å². The lowest BCUT2D eigenvalue weighted by Crippen LogP contribution is -2.42. The molecule has 1 aromatic rings. The first-order valence-corrected chi connectivity index (χ1v) is 7.07. The minimum Gasteiger partial charge on any atom is -0.480 e. The van der Waals surface area contributed by atoms with E-state index in [0.717, 1.165) is 0 Å². The van der Waals surface area contributed by atoms with Gasteiger partial charge in [-0.2, -0.15) is 0 Å². The molecule has 0 bridgehead atoms. The van der Waals surface area contributed by atoms with Gasteiger partial charge in [0.15, 0.2) is 0 Å². The minimum absolute atomic E-state index is 0.0422. The Labute approximate surface area is 124 Å². The highest BCUT2D eigenvalue weighted by Crippen LogP contribution is 2.29. The largest absolute Gasteiger partial charge is 0.480 e. The van der Waals surface area contributed by atoms with Crippen molar-refractivity contribution in [1.82, 2.24) is 4.90 Å². The van der Waals surface area contributed by atoms with Crippen molar-refractivity contribution in [2.45, 2.75) is 19.4 Å². The Hall–Kier alpha value is -1.07. The SMILES string of the molecule is CC1CCN(C(=O)c2cc(Cl)ccc2Br)C1C(=O)O.